The van der Waals surface area contributed by atoms with E-state index in [1.54, 1.807) is 14.2 Å². The van der Waals surface area contributed by atoms with Crippen LogP contribution in [0.2, 0.25) is 12.6 Å². The zero-order valence-electron chi connectivity index (χ0n) is 13.3. The Morgan fingerprint density at radius 1 is 1.00 bits per heavy atom. The van der Waals surface area contributed by atoms with Crippen molar-refractivity contribution in [2.24, 2.45) is 0 Å². The van der Waals surface area contributed by atoms with Crippen LogP contribution in [0.25, 0.3) is 0 Å². The van der Waals surface area contributed by atoms with Gasteiger partial charge in [0.05, 0.1) is 12.2 Å². The SMILES string of the molecule is CO[Si](C)(CCCSCCCOOC(C)(C)C)OC. The van der Waals surface area contributed by atoms with Crippen molar-refractivity contribution in [2.45, 2.75) is 51.8 Å². The Balaban J connectivity index is 3.32. The molecule has 19 heavy (non-hydrogen) atoms. The second-order valence-corrected chi connectivity index (χ2v) is 10.4. The molecular formula is C13H30O4SSi. The zero-order chi connectivity index (χ0) is 14.8. The summed E-state index contributed by atoms with van der Waals surface area (Å²) in [6.07, 6.45) is 2.17. The van der Waals surface area contributed by atoms with E-state index < -0.39 is 8.56 Å². The third kappa shape index (κ3) is 11.9. The van der Waals surface area contributed by atoms with E-state index in [2.05, 4.69) is 6.55 Å². The Bertz CT molecular complexity index is 217. The van der Waals surface area contributed by atoms with Gasteiger partial charge in [-0.2, -0.15) is 11.8 Å². The Hall–Kier alpha value is 0.407. The maximum Gasteiger partial charge on any atom is 0.334 e. The molecule has 0 heterocycles. The molecule has 0 unspecified atom stereocenters. The maximum absolute atomic E-state index is 5.45. The smallest absolute Gasteiger partial charge is 0.334 e. The summed E-state index contributed by atoms with van der Waals surface area (Å²) in [4.78, 5) is 10.3. The highest BCUT2D eigenvalue weighted by Gasteiger charge is 2.27. The molecule has 0 aliphatic rings. The highest BCUT2D eigenvalue weighted by Crippen LogP contribution is 2.16. The minimum atomic E-state index is -1.86. The monoisotopic (exact) mass is 310 g/mol. The van der Waals surface area contributed by atoms with Crippen LogP contribution in [0.15, 0.2) is 0 Å². The topological polar surface area (TPSA) is 36.9 Å². The van der Waals surface area contributed by atoms with Gasteiger partial charge in [-0.1, -0.05) is 0 Å². The molecule has 0 aliphatic carbocycles. The Morgan fingerprint density at radius 3 is 2.11 bits per heavy atom. The molecule has 0 fully saturated rings. The molecule has 0 aromatic carbocycles. The first-order chi connectivity index (χ1) is 8.83. The second-order valence-electron chi connectivity index (χ2n) is 5.63. The first-order valence-corrected chi connectivity index (χ1v) is 10.5. The molecule has 0 aromatic rings. The van der Waals surface area contributed by atoms with E-state index in [0.29, 0.717) is 6.61 Å². The maximum atomic E-state index is 5.45. The van der Waals surface area contributed by atoms with Gasteiger partial charge in [-0.25, -0.2) is 9.78 Å². The molecule has 0 saturated carbocycles. The van der Waals surface area contributed by atoms with Crippen molar-refractivity contribution in [3.05, 3.63) is 0 Å². The molecule has 0 saturated heterocycles. The number of rotatable bonds is 11. The zero-order valence-corrected chi connectivity index (χ0v) is 15.1. The van der Waals surface area contributed by atoms with Crippen LogP contribution in [0.5, 0.6) is 0 Å². The molecule has 0 bridgehead atoms. The van der Waals surface area contributed by atoms with Crippen LogP contribution in [-0.2, 0) is 18.6 Å². The van der Waals surface area contributed by atoms with Crippen molar-refractivity contribution >= 4 is 20.3 Å². The van der Waals surface area contributed by atoms with Crippen molar-refractivity contribution in [1.82, 2.24) is 0 Å². The summed E-state index contributed by atoms with van der Waals surface area (Å²) in [7, 11) is 1.63. The van der Waals surface area contributed by atoms with E-state index in [1.807, 2.05) is 32.5 Å². The predicted molar refractivity (Wildman–Crippen MR) is 83.8 cm³/mol. The minimum absolute atomic E-state index is 0.220. The molecule has 0 spiro atoms. The number of hydrogen-bond acceptors (Lipinski definition) is 5. The fourth-order valence-electron chi connectivity index (χ4n) is 1.32. The van der Waals surface area contributed by atoms with Gasteiger partial charge in [-0.05, 0) is 57.7 Å². The van der Waals surface area contributed by atoms with Crippen LogP contribution < -0.4 is 0 Å². The number of thioether (sulfide) groups is 1. The first kappa shape index (κ1) is 19.4. The molecule has 0 atom stereocenters. The van der Waals surface area contributed by atoms with Crippen LogP contribution in [0, 0.1) is 0 Å². The summed E-state index contributed by atoms with van der Waals surface area (Å²) in [5, 5.41) is 0. The fourth-order valence-corrected chi connectivity index (χ4v) is 3.85. The quantitative estimate of drug-likeness (QED) is 0.252. The Morgan fingerprint density at radius 2 is 1.58 bits per heavy atom. The van der Waals surface area contributed by atoms with Crippen molar-refractivity contribution < 1.29 is 18.6 Å². The molecule has 6 heteroatoms. The summed E-state index contributed by atoms with van der Waals surface area (Å²) < 4.78 is 10.9. The number of hydrogen-bond donors (Lipinski definition) is 0. The van der Waals surface area contributed by atoms with Crippen molar-refractivity contribution in [1.29, 1.82) is 0 Å². The van der Waals surface area contributed by atoms with Crippen LogP contribution in [0.4, 0.5) is 0 Å². The lowest BCUT2D eigenvalue weighted by atomic mass is 10.2. The highest BCUT2D eigenvalue weighted by molar-refractivity contribution is 7.99. The van der Waals surface area contributed by atoms with Gasteiger partial charge in [0.2, 0.25) is 0 Å². The lowest BCUT2D eigenvalue weighted by Gasteiger charge is -2.22. The van der Waals surface area contributed by atoms with Gasteiger partial charge in [0.1, 0.15) is 0 Å². The normalized spacial score (nSPS) is 12.9. The van der Waals surface area contributed by atoms with Gasteiger partial charge in [0.25, 0.3) is 0 Å². The molecule has 0 amide bonds. The van der Waals surface area contributed by atoms with Crippen molar-refractivity contribution in [2.75, 3.05) is 32.3 Å². The average molecular weight is 311 g/mol. The lowest BCUT2D eigenvalue weighted by molar-refractivity contribution is -0.348. The molecule has 0 aromatic heterocycles. The first-order valence-electron chi connectivity index (χ1n) is 6.82. The van der Waals surface area contributed by atoms with Gasteiger partial charge in [0, 0.05) is 14.2 Å². The van der Waals surface area contributed by atoms with Crippen LogP contribution in [-0.4, -0.2) is 46.5 Å². The van der Waals surface area contributed by atoms with E-state index in [9.17, 15) is 0 Å². The van der Waals surface area contributed by atoms with Crippen molar-refractivity contribution in [3.63, 3.8) is 0 Å². The summed E-state index contributed by atoms with van der Waals surface area (Å²) in [6.45, 7) is 8.71. The molecule has 0 aliphatic heterocycles. The molecule has 0 radical (unpaired) electrons. The van der Waals surface area contributed by atoms with Gasteiger partial charge in [-0.3, -0.25) is 0 Å². The molecule has 116 valence electrons. The Kier molecular flexibility index (Phi) is 10.4. The van der Waals surface area contributed by atoms with Crippen LogP contribution in [0.3, 0.4) is 0 Å². The molecule has 0 rings (SSSR count). The van der Waals surface area contributed by atoms with E-state index in [0.717, 1.165) is 30.4 Å². The van der Waals surface area contributed by atoms with E-state index in [4.69, 9.17) is 18.6 Å². The van der Waals surface area contributed by atoms with Gasteiger partial charge in [0.15, 0.2) is 0 Å². The highest BCUT2D eigenvalue weighted by atomic mass is 32.2. The predicted octanol–water partition coefficient (Wildman–Crippen LogP) is 3.61. The minimum Gasteiger partial charge on any atom is -0.398 e. The molecule has 0 N–H and O–H groups in total. The van der Waals surface area contributed by atoms with Crippen LogP contribution in [0.1, 0.15) is 33.6 Å². The summed E-state index contributed by atoms with van der Waals surface area (Å²) in [5.41, 5.74) is -0.220. The van der Waals surface area contributed by atoms with Gasteiger partial charge >= 0.3 is 8.56 Å². The largest absolute Gasteiger partial charge is 0.398 e. The van der Waals surface area contributed by atoms with E-state index in [-0.39, 0.29) is 5.60 Å². The Labute approximate surface area is 123 Å². The third-order valence-electron chi connectivity index (χ3n) is 2.61. The third-order valence-corrected chi connectivity index (χ3v) is 6.75. The van der Waals surface area contributed by atoms with Crippen molar-refractivity contribution in [3.8, 4) is 0 Å². The lowest BCUT2D eigenvalue weighted by Crippen LogP contribution is -2.35. The molecular weight excluding hydrogens is 280 g/mol. The summed E-state index contributed by atoms with van der Waals surface area (Å²) in [6, 6.07) is 1.05. The average Bonchev–Trinajstić information content (AvgIpc) is 2.35. The van der Waals surface area contributed by atoms with E-state index >= 15 is 0 Å². The van der Waals surface area contributed by atoms with Gasteiger partial charge < -0.3 is 8.85 Å². The molecule has 4 nitrogen and oxygen atoms in total. The fraction of sp³-hybridized carbons (Fsp3) is 1.00. The van der Waals surface area contributed by atoms with Crippen LogP contribution >= 0.6 is 11.8 Å². The van der Waals surface area contributed by atoms with E-state index in [1.165, 1.54) is 0 Å². The summed E-state index contributed by atoms with van der Waals surface area (Å²) >= 11 is 1.95. The van der Waals surface area contributed by atoms with Gasteiger partial charge in [-0.15, -0.1) is 0 Å². The standard InChI is InChI=1S/C13H30O4SSi/c1-13(2,3)17-16-9-7-10-18-11-8-12-19(6,14-4)15-5/h7-12H2,1-6H3. The summed E-state index contributed by atoms with van der Waals surface area (Å²) in [5.74, 6) is 2.25. The second kappa shape index (κ2) is 10.2.